The maximum absolute atomic E-state index is 13.6. The molecule has 0 radical (unpaired) electrons. The molecule has 1 amide bonds. The van der Waals surface area contributed by atoms with E-state index in [1.807, 2.05) is 0 Å². The lowest BCUT2D eigenvalue weighted by atomic mass is 10.3. The standard InChI is InChI=1S/C21H22F2N4O5S/c1-26(2)33(30,31)14-5-7-18-17(11-14)24-19(27(18)3)8-9-21(29)32-12-20(28)25-16-10-13(22)4-6-15(16)23/h4-7,10-11H,8-9,12H2,1-3H3,(H,25,28). The van der Waals surface area contributed by atoms with E-state index in [9.17, 15) is 26.8 Å². The Morgan fingerprint density at radius 2 is 1.88 bits per heavy atom. The highest BCUT2D eigenvalue weighted by Crippen LogP contribution is 2.22. The van der Waals surface area contributed by atoms with Gasteiger partial charge >= 0.3 is 5.97 Å². The van der Waals surface area contributed by atoms with E-state index in [0.29, 0.717) is 16.9 Å². The van der Waals surface area contributed by atoms with Gasteiger partial charge in [0.2, 0.25) is 10.0 Å². The van der Waals surface area contributed by atoms with E-state index in [1.165, 1.54) is 26.2 Å². The van der Waals surface area contributed by atoms with Crippen LogP contribution in [0.2, 0.25) is 0 Å². The zero-order valence-corrected chi connectivity index (χ0v) is 18.9. The van der Waals surface area contributed by atoms with Gasteiger partial charge in [0.15, 0.2) is 6.61 Å². The summed E-state index contributed by atoms with van der Waals surface area (Å²) in [5.41, 5.74) is 0.791. The van der Waals surface area contributed by atoms with E-state index < -0.39 is 40.1 Å². The number of ether oxygens (including phenoxy) is 1. The van der Waals surface area contributed by atoms with Gasteiger partial charge in [0.25, 0.3) is 5.91 Å². The molecule has 0 aliphatic carbocycles. The summed E-state index contributed by atoms with van der Waals surface area (Å²) in [6.07, 6.45) is 0.0849. The van der Waals surface area contributed by atoms with Gasteiger partial charge in [-0.05, 0) is 30.3 Å². The third-order valence-electron chi connectivity index (χ3n) is 4.84. The van der Waals surface area contributed by atoms with E-state index in [-0.39, 0.29) is 23.4 Å². The number of sulfonamides is 1. The Kier molecular flexibility index (Phi) is 7.08. The number of imidazole rings is 1. The number of halogens is 2. The minimum atomic E-state index is -3.61. The van der Waals surface area contributed by atoms with Crippen molar-refractivity contribution >= 4 is 38.6 Å². The van der Waals surface area contributed by atoms with E-state index in [4.69, 9.17) is 4.74 Å². The first kappa shape index (κ1) is 24.3. The topological polar surface area (TPSA) is 111 Å². The predicted octanol–water partition coefficient (Wildman–Crippen LogP) is 2.22. The van der Waals surface area contributed by atoms with Crippen LogP contribution in [0.4, 0.5) is 14.5 Å². The van der Waals surface area contributed by atoms with Crippen molar-refractivity contribution in [2.24, 2.45) is 7.05 Å². The average molecular weight is 480 g/mol. The molecular weight excluding hydrogens is 458 g/mol. The second-order valence-corrected chi connectivity index (χ2v) is 9.51. The van der Waals surface area contributed by atoms with E-state index in [1.54, 1.807) is 17.7 Å². The molecule has 0 unspecified atom stereocenters. The number of esters is 1. The number of carbonyl (C=O) groups is 2. The predicted molar refractivity (Wildman–Crippen MR) is 116 cm³/mol. The van der Waals surface area contributed by atoms with Gasteiger partial charge in [-0.1, -0.05) is 0 Å². The maximum Gasteiger partial charge on any atom is 0.306 e. The summed E-state index contributed by atoms with van der Waals surface area (Å²) in [5, 5.41) is 2.13. The molecule has 0 spiro atoms. The van der Waals surface area contributed by atoms with E-state index in [2.05, 4.69) is 10.3 Å². The van der Waals surface area contributed by atoms with Gasteiger partial charge in [-0.15, -0.1) is 0 Å². The lowest BCUT2D eigenvalue weighted by Crippen LogP contribution is -2.22. The summed E-state index contributed by atoms with van der Waals surface area (Å²) in [4.78, 5) is 28.4. The van der Waals surface area contributed by atoms with Gasteiger partial charge in [-0.2, -0.15) is 0 Å². The molecule has 176 valence electrons. The molecule has 0 fully saturated rings. The number of aromatic nitrogens is 2. The number of benzene rings is 2. The fraction of sp³-hybridized carbons (Fsp3) is 0.286. The second-order valence-electron chi connectivity index (χ2n) is 7.36. The van der Waals surface area contributed by atoms with Crippen LogP contribution in [0, 0.1) is 11.6 Å². The summed E-state index contributed by atoms with van der Waals surface area (Å²) in [6, 6.07) is 7.17. The van der Waals surface area contributed by atoms with Crippen LogP contribution in [0.1, 0.15) is 12.2 Å². The molecule has 33 heavy (non-hydrogen) atoms. The SMILES string of the molecule is CN(C)S(=O)(=O)c1ccc2c(c1)nc(CCC(=O)OCC(=O)Nc1cc(F)ccc1F)n2C. The lowest BCUT2D eigenvalue weighted by Gasteiger charge is -2.10. The first-order valence-corrected chi connectivity index (χ1v) is 11.2. The third kappa shape index (κ3) is 5.52. The van der Waals surface area contributed by atoms with Crippen molar-refractivity contribution in [3.05, 3.63) is 53.9 Å². The largest absolute Gasteiger partial charge is 0.456 e. The summed E-state index contributed by atoms with van der Waals surface area (Å²) in [6.45, 7) is -0.664. The molecule has 0 atom stereocenters. The first-order chi connectivity index (χ1) is 15.5. The fourth-order valence-electron chi connectivity index (χ4n) is 3.04. The highest BCUT2D eigenvalue weighted by Gasteiger charge is 2.19. The van der Waals surface area contributed by atoms with Crippen molar-refractivity contribution in [3.8, 4) is 0 Å². The molecular formula is C21H22F2N4O5S. The Morgan fingerprint density at radius 1 is 1.15 bits per heavy atom. The van der Waals surface area contributed by atoms with Crippen LogP contribution in [0.5, 0.6) is 0 Å². The number of hydrogen-bond donors (Lipinski definition) is 1. The summed E-state index contributed by atoms with van der Waals surface area (Å²) in [7, 11) is 0.989. The zero-order valence-electron chi connectivity index (χ0n) is 18.1. The molecule has 3 aromatic rings. The van der Waals surface area contributed by atoms with Crippen LogP contribution in [0.25, 0.3) is 11.0 Å². The minimum Gasteiger partial charge on any atom is -0.456 e. The molecule has 0 saturated carbocycles. The second kappa shape index (κ2) is 9.63. The Bertz CT molecular complexity index is 1320. The number of rotatable bonds is 8. The number of anilines is 1. The van der Waals surface area contributed by atoms with Crippen molar-refractivity contribution in [2.45, 2.75) is 17.7 Å². The van der Waals surface area contributed by atoms with Gasteiger partial charge in [0.05, 0.1) is 28.0 Å². The molecule has 0 aliphatic rings. The number of nitrogens with zero attached hydrogens (tertiary/aromatic N) is 3. The van der Waals surface area contributed by atoms with Gasteiger partial charge in [-0.3, -0.25) is 9.59 Å². The average Bonchev–Trinajstić information content (AvgIpc) is 3.08. The van der Waals surface area contributed by atoms with Crippen LogP contribution in [0.15, 0.2) is 41.3 Å². The number of hydrogen-bond acceptors (Lipinski definition) is 6. The monoisotopic (exact) mass is 480 g/mol. The number of amides is 1. The van der Waals surface area contributed by atoms with Crippen LogP contribution in [-0.2, 0) is 37.8 Å². The Hall–Kier alpha value is -3.38. The van der Waals surface area contributed by atoms with E-state index >= 15 is 0 Å². The molecule has 9 nitrogen and oxygen atoms in total. The number of aryl methyl sites for hydroxylation is 2. The normalized spacial score (nSPS) is 11.7. The summed E-state index contributed by atoms with van der Waals surface area (Å²) < 4.78 is 59.1. The fourth-order valence-corrected chi connectivity index (χ4v) is 3.96. The molecule has 0 saturated heterocycles. The number of fused-ring (bicyclic) bond motifs is 1. The molecule has 1 heterocycles. The molecule has 1 N–H and O–H groups in total. The quantitative estimate of drug-likeness (QED) is 0.495. The number of carbonyl (C=O) groups excluding carboxylic acids is 2. The van der Waals surface area contributed by atoms with Crippen LogP contribution >= 0.6 is 0 Å². The molecule has 2 aromatic carbocycles. The molecule has 0 bridgehead atoms. The van der Waals surface area contributed by atoms with Crippen molar-refractivity contribution in [3.63, 3.8) is 0 Å². The molecule has 0 aliphatic heterocycles. The van der Waals surface area contributed by atoms with Crippen molar-refractivity contribution in [1.29, 1.82) is 0 Å². The van der Waals surface area contributed by atoms with Crippen molar-refractivity contribution < 1.29 is 31.5 Å². The Morgan fingerprint density at radius 3 is 2.58 bits per heavy atom. The smallest absolute Gasteiger partial charge is 0.306 e. The van der Waals surface area contributed by atoms with E-state index in [0.717, 1.165) is 22.5 Å². The van der Waals surface area contributed by atoms with Crippen molar-refractivity contribution in [1.82, 2.24) is 13.9 Å². The highest BCUT2D eigenvalue weighted by molar-refractivity contribution is 7.89. The Labute approximate surface area is 189 Å². The number of nitrogens with one attached hydrogen (secondary N) is 1. The molecule has 12 heteroatoms. The zero-order chi connectivity index (χ0) is 24.3. The lowest BCUT2D eigenvalue weighted by molar-refractivity contribution is -0.147. The van der Waals surface area contributed by atoms with Crippen molar-refractivity contribution in [2.75, 3.05) is 26.0 Å². The molecule has 1 aromatic heterocycles. The van der Waals surface area contributed by atoms with Crippen LogP contribution < -0.4 is 5.32 Å². The summed E-state index contributed by atoms with van der Waals surface area (Å²) >= 11 is 0. The third-order valence-corrected chi connectivity index (χ3v) is 6.65. The summed E-state index contributed by atoms with van der Waals surface area (Å²) in [5.74, 6) is -2.53. The maximum atomic E-state index is 13.6. The minimum absolute atomic E-state index is 0.0956. The Balaban J connectivity index is 1.59. The highest BCUT2D eigenvalue weighted by atomic mass is 32.2. The van der Waals surface area contributed by atoms with Crippen LogP contribution in [0.3, 0.4) is 0 Å². The first-order valence-electron chi connectivity index (χ1n) is 9.77. The van der Waals surface area contributed by atoms with Gasteiger partial charge < -0.3 is 14.6 Å². The van der Waals surface area contributed by atoms with Crippen LogP contribution in [-0.4, -0.2) is 54.9 Å². The van der Waals surface area contributed by atoms with Gasteiger partial charge in [0.1, 0.15) is 17.5 Å². The molecule has 3 rings (SSSR count). The van der Waals surface area contributed by atoms with Gasteiger partial charge in [0, 0.05) is 33.6 Å². The van der Waals surface area contributed by atoms with Gasteiger partial charge in [-0.25, -0.2) is 26.5 Å².